The van der Waals surface area contributed by atoms with Crippen LogP contribution in [0.15, 0.2) is 48.5 Å². The summed E-state index contributed by atoms with van der Waals surface area (Å²) in [6, 6.07) is 11.5. The van der Waals surface area contributed by atoms with E-state index in [1.54, 1.807) is 36.2 Å². The van der Waals surface area contributed by atoms with E-state index in [-0.39, 0.29) is 23.2 Å². The first-order valence-corrected chi connectivity index (χ1v) is 8.06. The number of anilines is 2. The van der Waals surface area contributed by atoms with Gasteiger partial charge in [0.1, 0.15) is 6.04 Å². The SMILES string of the molecule is CN(c1ccccc1)C1CC(=O)N(c2cc(C(=O)O)cc(C(=O)O)c2)C1=O. The molecule has 2 aromatic rings. The molecule has 0 spiro atoms. The summed E-state index contributed by atoms with van der Waals surface area (Å²) in [6.45, 7) is 0. The minimum atomic E-state index is -1.35. The number of para-hydroxylation sites is 1. The maximum absolute atomic E-state index is 12.9. The maximum atomic E-state index is 12.9. The lowest BCUT2D eigenvalue weighted by molar-refractivity contribution is -0.121. The minimum Gasteiger partial charge on any atom is -0.478 e. The molecule has 0 aliphatic carbocycles. The molecule has 0 bridgehead atoms. The highest BCUT2D eigenvalue weighted by Gasteiger charge is 2.42. The van der Waals surface area contributed by atoms with E-state index in [1.165, 1.54) is 0 Å². The van der Waals surface area contributed by atoms with Crippen LogP contribution in [0, 0.1) is 0 Å². The number of aromatic carboxylic acids is 2. The fraction of sp³-hybridized carbons (Fsp3) is 0.158. The molecular formula is C19H16N2O6. The number of carbonyl (C=O) groups is 4. The van der Waals surface area contributed by atoms with Crippen LogP contribution < -0.4 is 9.80 Å². The smallest absolute Gasteiger partial charge is 0.335 e. The Morgan fingerprint density at radius 2 is 1.56 bits per heavy atom. The number of hydrogen-bond donors (Lipinski definition) is 2. The van der Waals surface area contributed by atoms with Crippen LogP contribution in [-0.2, 0) is 9.59 Å². The average Bonchev–Trinajstić information content (AvgIpc) is 2.95. The largest absolute Gasteiger partial charge is 0.478 e. The van der Waals surface area contributed by atoms with Crippen LogP contribution in [0.2, 0.25) is 0 Å². The third-order valence-electron chi connectivity index (χ3n) is 4.42. The molecule has 0 saturated carbocycles. The van der Waals surface area contributed by atoms with E-state index in [0.29, 0.717) is 0 Å². The summed E-state index contributed by atoms with van der Waals surface area (Å²) in [5, 5.41) is 18.4. The normalized spacial score (nSPS) is 16.5. The molecule has 1 saturated heterocycles. The molecule has 8 heteroatoms. The first-order chi connectivity index (χ1) is 12.8. The van der Waals surface area contributed by atoms with Gasteiger partial charge in [0.25, 0.3) is 5.91 Å². The van der Waals surface area contributed by atoms with Crippen molar-refractivity contribution >= 4 is 35.1 Å². The number of amides is 2. The molecule has 1 aliphatic heterocycles. The monoisotopic (exact) mass is 368 g/mol. The van der Waals surface area contributed by atoms with E-state index in [1.807, 2.05) is 6.07 Å². The Hall–Kier alpha value is -3.68. The summed E-state index contributed by atoms with van der Waals surface area (Å²) < 4.78 is 0. The number of carboxylic acids is 2. The molecule has 3 rings (SSSR count). The standard InChI is InChI=1S/C19H16N2O6/c1-20(13-5-3-2-4-6-13)15-10-16(22)21(17(15)23)14-8-11(18(24)25)7-12(9-14)19(26)27/h2-9,15H,10H2,1H3,(H,24,25)(H,26,27). The Morgan fingerprint density at radius 1 is 1.00 bits per heavy atom. The second-order valence-electron chi connectivity index (χ2n) is 6.11. The molecule has 27 heavy (non-hydrogen) atoms. The Bertz CT molecular complexity index is 908. The fourth-order valence-corrected chi connectivity index (χ4v) is 3.02. The topological polar surface area (TPSA) is 115 Å². The molecule has 138 valence electrons. The molecular weight excluding hydrogens is 352 g/mol. The molecule has 2 amide bonds. The van der Waals surface area contributed by atoms with Crippen molar-refractivity contribution in [3.8, 4) is 0 Å². The summed E-state index contributed by atoms with van der Waals surface area (Å²) in [6.07, 6.45) is -0.0933. The van der Waals surface area contributed by atoms with Crippen molar-refractivity contribution in [2.75, 3.05) is 16.8 Å². The molecule has 1 unspecified atom stereocenters. The van der Waals surface area contributed by atoms with Crippen LogP contribution in [0.25, 0.3) is 0 Å². The van der Waals surface area contributed by atoms with Crippen LogP contribution in [0.5, 0.6) is 0 Å². The molecule has 2 N–H and O–H groups in total. The van der Waals surface area contributed by atoms with Gasteiger partial charge in [0, 0.05) is 12.7 Å². The number of imide groups is 1. The summed E-state index contributed by atoms with van der Waals surface area (Å²) in [5.41, 5.74) is 0.0537. The zero-order chi connectivity index (χ0) is 19.7. The van der Waals surface area contributed by atoms with Gasteiger partial charge < -0.3 is 15.1 Å². The van der Waals surface area contributed by atoms with Crippen molar-refractivity contribution in [2.45, 2.75) is 12.5 Å². The van der Waals surface area contributed by atoms with Gasteiger partial charge in [0.2, 0.25) is 5.91 Å². The van der Waals surface area contributed by atoms with E-state index < -0.39 is 29.8 Å². The van der Waals surface area contributed by atoms with E-state index in [9.17, 15) is 29.4 Å². The number of nitrogens with zero attached hydrogens (tertiary/aromatic N) is 2. The molecule has 1 heterocycles. The molecule has 1 aliphatic rings. The number of rotatable bonds is 5. The van der Waals surface area contributed by atoms with Gasteiger partial charge in [0.15, 0.2) is 0 Å². The molecule has 0 aromatic heterocycles. The molecule has 2 aromatic carbocycles. The van der Waals surface area contributed by atoms with Gasteiger partial charge >= 0.3 is 11.9 Å². The first-order valence-electron chi connectivity index (χ1n) is 8.06. The highest BCUT2D eigenvalue weighted by Crippen LogP contribution is 2.29. The van der Waals surface area contributed by atoms with Gasteiger partial charge in [-0.2, -0.15) is 0 Å². The molecule has 1 atom stereocenters. The quantitative estimate of drug-likeness (QED) is 0.774. The molecule has 1 fully saturated rings. The van der Waals surface area contributed by atoms with Crippen LogP contribution in [0.4, 0.5) is 11.4 Å². The lowest BCUT2D eigenvalue weighted by atomic mass is 10.1. The molecule has 8 nitrogen and oxygen atoms in total. The van der Waals surface area contributed by atoms with Crippen LogP contribution in [-0.4, -0.2) is 47.1 Å². The number of carbonyl (C=O) groups excluding carboxylic acids is 2. The van der Waals surface area contributed by atoms with E-state index in [0.717, 1.165) is 28.8 Å². The third-order valence-corrected chi connectivity index (χ3v) is 4.42. The van der Waals surface area contributed by atoms with Gasteiger partial charge in [-0.15, -0.1) is 0 Å². The van der Waals surface area contributed by atoms with E-state index >= 15 is 0 Å². The number of hydrogen-bond acceptors (Lipinski definition) is 5. The van der Waals surface area contributed by atoms with Gasteiger partial charge in [-0.3, -0.25) is 9.59 Å². The second kappa shape index (κ2) is 6.91. The van der Waals surface area contributed by atoms with Gasteiger partial charge in [0.05, 0.1) is 23.2 Å². The zero-order valence-electron chi connectivity index (χ0n) is 14.3. The Labute approximate surface area is 154 Å². The van der Waals surface area contributed by atoms with Crippen LogP contribution in [0.3, 0.4) is 0 Å². The minimum absolute atomic E-state index is 0.0636. The molecule has 0 radical (unpaired) electrons. The highest BCUT2D eigenvalue weighted by molar-refractivity contribution is 6.23. The maximum Gasteiger partial charge on any atom is 0.335 e. The van der Waals surface area contributed by atoms with Gasteiger partial charge in [-0.1, -0.05) is 18.2 Å². The van der Waals surface area contributed by atoms with E-state index in [2.05, 4.69) is 0 Å². The Balaban J connectivity index is 1.98. The highest BCUT2D eigenvalue weighted by atomic mass is 16.4. The van der Waals surface area contributed by atoms with Gasteiger partial charge in [-0.25, -0.2) is 14.5 Å². The average molecular weight is 368 g/mol. The Kier molecular flexibility index (Phi) is 4.64. The van der Waals surface area contributed by atoms with Crippen LogP contribution >= 0.6 is 0 Å². The lowest BCUT2D eigenvalue weighted by Crippen LogP contribution is -2.40. The van der Waals surface area contributed by atoms with Crippen molar-refractivity contribution in [3.05, 3.63) is 59.7 Å². The number of benzene rings is 2. The van der Waals surface area contributed by atoms with Crippen LogP contribution in [0.1, 0.15) is 27.1 Å². The summed E-state index contributed by atoms with van der Waals surface area (Å²) in [5.74, 6) is -3.76. The van der Waals surface area contributed by atoms with Crippen molar-refractivity contribution in [1.29, 1.82) is 0 Å². The number of carboxylic acid groups (broad SMARTS) is 2. The first kappa shape index (κ1) is 18.1. The lowest BCUT2D eigenvalue weighted by Gasteiger charge is -2.25. The second-order valence-corrected chi connectivity index (χ2v) is 6.11. The summed E-state index contributed by atoms with van der Waals surface area (Å²) in [7, 11) is 1.69. The van der Waals surface area contributed by atoms with Crippen molar-refractivity contribution in [2.24, 2.45) is 0 Å². The van der Waals surface area contributed by atoms with Gasteiger partial charge in [-0.05, 0) is 30.3 Å². The van der Waals surface area contributed by atoms with E-state index in [4.69, 9.17) is 0 Å². The summed E-state index contributed by atoms with van der Waals surface area (Å²) >= 11 is 0. The van der Waals surface area contributed by atoms with Crippen molar-refractivity contribution in [3.63, 3.8) is 0 Å². The number of likely N-dealkylation sites (N-methyl/N-ethyl adjacent to an activating group) is 1. The fourth-order valence-electron chi connectivity index (χ4n) is 3.02. The predicted octanol–water partition coefficient (Wildman–Crippen LogP) is 1.85. The van der Waals surface area contributed by atoms with Crippen molar-refractivity contribution in [1.82, 2.24) is 0 Å². The third kappa shape index (κ3) is 3.37. The predicted molar refractivity (Wildman–Crippen MR) is 96.1 cm³/mol. The van der Waals surface area contributed by atoms with Crippen molar-refractivity contribution < 1.29 is 29.4 Å². The summed E-state index contributed by atoms with van der Waals surface area (Å²) in [4.78, 5) is 50.4. The zero-order valence-corrected chi connectivity index (χ0v) is 14.3. The Morgan fingerprint density at radius 3 is 2.07 bits per heavy atom.